The van der Waals surface area contributed by atoms with Gasteiger partial charge < -0.3 is 19.7 Å². The Hall–Kier alpha value is -2.08. The molecule has 1 N–H and O–H groups in total. The number of nitrogens with one attached hydrogen (secondary N) is 1. The van der Waals surface area contributed by atoms with Crippen molar-refractivity contribution in [2.45, 2.75) is 13.0 Å². The summed E-state index contributed by atoms with van der Waals surface area (Å²) in [5, 5.41) is 3.06. The van der Waals surface area contributed by atoms with Gasteiger partial charge in [0.25, 0.3) is 0 Å². The van der Waals surface area contributed by atoms with E-state index in [-0.39, 0.29) is 24.4 Å². The number of ketones is 1. The van der Waals surface area contributed by atoms with Crippen LogP contribution < -0.4 is 14.8 Å². The summed E-state index contributed by atoms with van der Waals surface area (Å²) in [4.78, 5) is 26.2. The second-order valence-electron chi connectivity index (χ2n) is 5.41. The van der Waals surface area contributed by atoms with Crippen molar-refractivity contribution in [2.24, 2.45) is 5.92 Å². The Morgan fingerprint density at radius 2 is 2.00 bits per heavy atom. The summed E-state index contributed by atoms with van der Waals surface area (Å²) < 4.78 is 10.5. The Labute approximate surface area is 123 Å². The number of carbonyl (C=O) groups is 2. The molecular formula is C15H18N2O4. The molecule has 1 aromatic carbocycles. The van der Waals surface area contributed by atoms with Gasteiger partial charge in [0.1, 0.15) is 0 Å². The van der Waals surface area contributed by atoms with Crippen LogP contribution in [0, 0.1) is 5.92 Å². The molecule has 1 aromatic rings. The van der Waals surface area contributed by atoms with E-state index in [0.29, 0.717) is 30.2 Å². The van der Waals surface area contributed by atoms with Gasteiger partial charge in [-0.15, -0.1) is 0 Å². The third-order valence-corrected chi connectivity index (χ3v) is 4.10. The fraction of sp³-hybridized carbons (Fsp3) is 0.467. The number of carbonyl (C=O) groups excluding carboxylic acids is 2. The Balaban J connectivity index is 1.73. The molecular weight excluding hydrogens is 272 g/mol. The van der Waals surface area contributed by atoms with Crippen molar-refractivity contribution < 1.29 is 19.1 Å². The van der Waals surface area contributed by atoms with Gasteiger partial charge in [-0.3, -0.25) is 9.59 Å². The van der Waals surface area contributed by atoms with Crippen LogP contribution in [0.4, 0.5) is 0 Å². The lowest BCUT2D eigenvalue weighted by Gasteiger charge is -2.33. The minimum Gasteiger partial charge on any atom is -0.454 e. The van der Waals surface area contributed by atoms with Crippen molar-refractivity contribution >= 4 is 11.7 Å². The van der Waals surface area contributed by atoms with Crippen molar-refractivity contribution in [3.8, 4) is 11.5 Å². The molecule has 2 aliphatic rings. The van der Waals surface area contributed by atoms with Crippen molar-refractivity contribution in [3.05, 3.63) is 23.8 Å². The highest BCUT2D eigenvalue weighted by atomic mass is 16.7. The normalized spacial score (nSPS) is 18.0. The van der Waals surface area contributed by atoms with Gasteiger partial charge >= 0.3 is 0 Å². The summed E-state index contributed by atoms with van der Waals surface area (Å²) in [5.41, 5.74) is 0.526. The molecule has 6 nitrogen and oxygen atoms in total. The van der Waals surface area contributed by atoms with Gasteiger partial charge in [0, 0.05) is 25.7 Å². The number of Topliss-reactive ketones (excluding diaryl/α,β-unsaturated/α-hetero) is 1. The topological polar surface area (TPSA) is 67.9 Å². The molecule has 0 bridgehead atoms. The van der Waals surface area contributed by atoms with Crippen molar-refractivity contribution in [2.75, 3.05) is 26.9 Å². The molecule has 1 saturated heterocycles. The molecule has 0 aromatic heterocycles. The Bertz CT molecular complexity index is 583. The third kappa shape index (κ3) is 2.47. The SMILES string of the molecule is CC(C(=O)c1ccc2c(c1)OCO2)N(C)C(=O)C1CNC1. The van der Waals surface area contributed by atoms with E-state index in [1.165, 1.54) is 4.90 Å². The second kappa shape index (κ2) is 5.37. The molecule has 6 heteroatoms. The third-order valence-electron chi connectivity index (χ3n) is 4.10. The molecule has 0 aliphatic carbocycles. The van der Waals surface area contributed by atoms with Gasteiger partial charge in [-0.1, -0.05) is 0 Å². The van der Waals surface area contributed by atoms with E-state index in [9.17, 15) is 9.59 Å². The average Bonchev–Trinajstić information content (AvgIpc) is 2.90. The quantitative estimate of drug-likeness (QED) is 0.825. The first-order chi connectivity index (χ1) is 10.1. The van der Waals surface area contributed by atoms with Gasteiger partial charge in [0.15, 0.2) is 17.3 Å². The Kier molecular flexibility index (Phi) is 3.55. The largest absolute Gasteiger partial charge is 0.454 e. The molecule has 1 amide bonds. The van der Waals surface area contributed by atoms with E-state index in [1.807, 2.05) is 0 Å². The molecule has 0 radical (unpaired) electrons. The first kappa shape index (κ1) is 13.9. The zero-order chi connectivity index (χ0) is 15.0. The Morgan fingerprint density at radius 1 is 1.29 bits per heavy atom. The highest BCUT2D eigenvalue weighted by Crippen LogP contribution is 2.33. The van der Waals surface area contributed by atoms with Crippen LogP contribution in [0.1, 0.15) is 17.3 Å². The predicted octanol–water partition coefficient (Wildman–Crippen LogP) is 0.664. The van der Waals surface area contributed by atoms with Gasteiger partial charge in [-0.2, -0.15) is 0 Å². The number of hydrogen-bond donors (Lipinski definition) is 1. The minimum atomic E-state index is -0.501. The Morgan fingerprint density at radius 3 is 2.67 bits per heavy atom. The molecule has 3 rings (SSSR count). The molecule has 1 atom stereocenters. The van der Waals surface area contributed by atoms with Crippen LogP contribution in [-0.4, -0.2) is 49.6 Å². The van der Waals surface area contributed by atoms with Crippen LogP contribution >= 0.6 is 0 Å². The van der Waals surface area contributed by atoms with E-state index in [2.05, 4.69) is 5.32 Å². The van der Waals surface area contributed by atoms with Crippen LogP contribution in [0.15, 0.2) is 18.2 Å². The second-order valence-corrected chi connectivity index (χ2v) is 5.41. The van der Waals surface area contributed by atoms with Crippen molar-refractivity contribution in [1.82, 2.24) is 10.2 Å². The predicted molar refractivity (Wildman–Crippen MR) is 75.5 cm³/mol. The van der Waals surface area contributed by atoms with Crippen molar-refractivity contribution in [1.29, 1.82) is 0 Å². The van der Waals surface area contributed by atoms with Gasteiger partial charge in [-0.05, 0) is 25.1 Å². The summed E-state index contributed by atoms with van der Waals surface area (Å²) in [6.45, 7) is 3.30. The fourth-order valence-electron chi connectivity index (χ4n) is 2.41. The number of hydrogen-bond acceptors (Lipinski definition) is 5. The summed E-state index contributed by atoms with van der Waals surface area (Å²) in [6.07, 6.45) is 0. The number of likely N-dealkylation sites (N-methyl/N-ethyl adjacent to an activating group) is 1. The van der Waals surface area contributed by atoms with Crippen molar-refractivity contribution in [3.63, 3.8) is 0 Å². The van der Waals surface area contributed by atoms with Gasteiger partial charge in [0.2, 0.25) is 12.7 Å². The maximum absolute atomic E-state index is 12.5. The molecule has 1 fully saturated rings. The molecule has 112 valence electrons. The van der Waals surface area contributed by atoms with Crippen LogP contribution in [0.25, 0.3) is 0 Å². The van der Waals surface area contributed by atoms with Crippen LogP contribution in [-0.2, 0) is 4.79 Å². The first-order valence-corrected chi connectivity index (χ1v) is 6.99. The van der Waals surface area contributed by atoms with E-state index in [1.54, 1.807) is 32.2 Å². The molecule has 21 heavy (non-hydrogen) atoms. The summed E-state index contributed by atoms with van der Waals surface area (Å²) in [5.74, 6) is 1.11. The molecule has 0 saturated carbocycles. The van der Waals surface area contributed by atoms with E-state index >= 15 is 0 Å². The van der Waals surface area contributed by atoms with E-state index < -0.39 is 6.04 Å². The standard InChI is InChI=1S/C15H18N2O4/c1-9(17(2)15(19)11-6-16-7-11)14(18)10-3-4-12-13(5-10)21-8-20-12/h3-5,9,11,16H,6-8H2,1-2H3. The average molecular weight is 290 g/mol. The summed E-state index contributed by atoms with van der Waals surface area (Å²) in [6, 6.07) is 4.60. The monoisotopic (exact) mass is 290 g/mol. The number of rotatable bonds is 4. The summed E-state index contributed by atoms with van der Waals surface area (Å²) >= 11 is 0. The minimum absolute atomic E-state index is 0.00958. The fourth-order valence-corrected chi connectivity index (χ4v) is 2.41. The number of amides is 1. The van der Waals surface area contributed by atoms with Crippen LogP contribution in [0.5, 0.6) is 11.5 Å². The zero-order valence-corrected chi connectivity index (χ0v) is 12.1. The zero-order valence-electron chi connectivity index (χ0n) is 12.1. The highest BCUT2D eigenvalue weighted by Gasteiger charge is 2.32. The summed E-state index contributed by atoms with van der Waals surface area (Å²) in [7, 11) is 1.68. The first-order valence-electron chi connectivity index (χ1n) is 6.99. The molecule has 2 heterocycles. The number of fused-ring (bicyclic) bond motifs is 1. The lowest BCUT2D eigenvalue weighted by Crippen LogP contribution is -2.54. The number of ether oxygens (including phenoxy) is 2. The maximum atomic E-state index is 12.5. The smallest absolute Gasteiger partial charge is 0.231 e. The van der Waals surface area contributed by atoms with Crippen LogP contribution in [0.3, 0.4) is 0 Å². The molecule has 2 aliphatic heterocycles. The van der Waals surface area contributed by atoms with E-state index in [4.69, 9.17) is 9.47 Å². The van der Waals surface area contributed by atoms with E-state index in [0.717, 1.165) is 0 Å². The van der Waals surface area contributed by atoms with Crippen LogP contribution in [0.2, 0.25) is 0 Å². The molecule has 0 spiro atoms. The number of benzene rings is 1. The number of nitrogens with zero attached hydrogens (tertiary/aromatic N) is 1. The highest BCUT2D eigenvalue weighted by molar-refractivity contribution is 6.02. The van der Waals surface area contributed by atoms with Gasteiger partial charge in [-0.25, -0.2) is 0 Å². The lowest BCUT2D eigenvalue weighted by atomic mass is 9.99. The lowest BCUT2D eigenvalue weighted by molar-refractivity contribution is -0.136. The van der Waals surface area contributed by atoms with Gasteiger partial charge in [0.05, 0.1) is 12.0 Å². The maximum Gasteiger partial charge on any atom is 0.231 e. The molecule has 1 unspecified atom stereocenters.